The lowest BCUT2D eigenvalue weighted by molar-refractivity contribution is -0.121. The average Bonchev–Trinajstić information content (AvgIpc) is 2.80. The molecule has 2 nitrogen and oxygen atoms in total. The van der Waals surface area contributed by atoms with Crippen LogP contribution >= 0.6 is 0 Å². The van der Waals surface area contributed by atoms with Gasteiger partial charge in [0.2, 0.25) is 6.29 Å². The van der Waals surface area contributed by atoms with E-state index in [0.29, 0.717) is 6.42 Å². The van der Waals surface area contributed by atoms with E-state index in [-0.39, 0.29) is 5.78 Å². The van der Waals surface area contributed by atoms with Crippen molar-refractivity contribution in [3.8, 4) is 0 Å². The monoisotopic (exact) mass is 449 g/mol. The van der Waals surface area contributed by atoms with Gasteiger partial charge >= 0.3 is 0 Å². The summed E-state index contributed by atoms with van der Waals surface area (Å²) >= 11 is 0. The Balaban J connectivity index is 3.43. The predicted molar refractivity (Wildman–Crippen MR) is 141 cm³/mol. The first-order valence-corrected chi connectivity index (χ1v) is 14.7. The molecule has 0 spiro atoms. The van der Waals surface area contributed by atoms with Gasteiger partial charge in [-0.15, -0.1) is 0 Å². The fourth-order valence-electron chi connectivity index (χ4n) is 4.61. The third kappa shape index (κ3) is 22.5. The number of ketones is 1. The lowest BCUT2D eigenvalue weighted by Gasteiger charge is -2.09. The lowest BCUT2D eigenvalue weighted by atomic mass is 9.94. The van der Waals surface area contributed by atoms with Crippen LogP contribution in [0.5, 0.6) is 0 Å². The molecule has 32 heavy (non-hydrogen) atoms. The third-order valence-corrected chi connectivity index (χ3v) is 6.90. The lowest BCUT2D eigenvalue weighted by Crippen LogP contribution is -2.15. The van der Waals surface area contributed by atoms with Crippen molar-refractivity contribution in [3.05, 3.63) is 0 Å². The fourth-order valence-corrected chi connectivity index (χ4v) is 4.61. The van der Waals surface area contributed by atoms with Crippen LogP contribution in [0, 0.1) is 5.92 Å². The fraction of sp³-hybridized carbons (Fsp3) is 0.933. The molecule has 0 fully saturated rings. The molecule has 0 aromatic heterocycles. The highest BCUT2D eigenvalue weighted by atomic mass is 16.1. The van der Waals surface area contributed by atoms with Crippen molar-refractivity contribution < 1.29 is 9.59 Å². The average molecular weight is 450 g/mol. The first-order chi connectivity index (χ1) is 15.8. The highest BCUT2D eigenvalue weighted by Gasteiger charge is 2.17. The van der Waals surface area contributed by atoms with Crippen LogP contribution in [0.15, 0.2) is 0 Å². The van der Waals surface area contributed by atoms with Crippen molar-refractivity contribution in [1.29, 1.82) is 0 Å². The van der Waals surface area contributed by atoms with E-state index in [2.05, 4.69) is 13.8 Å². The molecule has 2 heteroatoms. The van der Waals surface area contributed by atoms with Gasteiger partial charge in [0, 0.05) is 6.42 Å². The molecule has 189 valence electrons. The van der Waals surface area contributed by atoms with Gasteiger partial charge in [-0.05, 0) is 12.8 Å². The van der Waals surface area contributed by atoms with E-state index in [9.17, 15) is 9.59 Å². The van der Waals surface area contributed by atoms with E-state index < -0.39 is 5.92 Å². The van der Waals surface area contributed by atoms with Crippen LogP contribution < -0.4 is 0 Å². The van der Waals surface area contributed by atoms with Crippen LogP contribution in [-0.2, 0) is 9.59 Å². The van der Waals surface area contributed by atoms with E-state index in [0.717, 1.165) is 32.1 Å². The molecule has 0 heterocycles. The molecule has 0 saturated carbocycles. The Morgan fingerprint density at radius 1 is 0.500 bits per heavy atom. The molecular formula is C30H57O2. The summed E-state index contributed by atoms with van der Waals surface area (Å²) in [5, 5.41) is 0. The van der Waals surface area contributed by atoms with Crippen molar-refractivity contribution in [2.45, 2.75) is 174 Å². The number of hydrogen-bond donors (Lipinski definition) is 0. The van der Waals surface area contributed by atoms with Crippen molar-refractivity contribution >= 4 is 12.1 Å². The molecular weight excluding hydrogens is 392 g/mol. The van der Waals surface area contributed by atoms with Gasteiger partial charge in [-0.1, -0.05) is 155 Å². The van der Waals surface area contributed by atoms with Crippen LogP contribution in [0.1, 0.15) is 174 Å². The summed E-state index contributed by atoms with van der Waals surface area (Å²) in [6.45, 7) is 4.53. The maximum atomic E-state index is 12.3. The number of Topliss-reactive ketones (excluding diaryl/α,β-unsaturated/α-hetero) is 1. The van der Waals surface area contributed by atoms with Gasteiger partial charge in [0.05, 0.1) is 5.92 Å². The first-order valence-electron chi connectivity index (χ1n) is 14.7. The van der Waals surface area contributed by atoms with Gasteiger partial charge < -0.3 is 0 Å². The molecule has 1 radical (unpaired) electrons. The molecule has 0 aliphatic carbocycles. The topological polar surface area (TPSA) is 34.1 Å². The summed E-state index contributed by atoms with van der Waals surface area (Å²) < 4.78 is 0. The minimum absolute atomic E-state index is 0.137. The molecule has 1 atom stereocenters. The largest absolute Gasteiger partial charge is 0.299 e. The van der Waals surface area contributed by atoms with Crippen molar-refractivity contribution in [2.75, 3.05) is 0 Å². The van der Waals surface area contributed by atoms with E-state index in [1.54, 1.807) is 0 Å². The highest BCUT2D eigenvalue weighted by Crippen LogP contribution is 2.17. The quantitative estimate of drug-likeness (QED) is 0.0923. The van der Waals surface area contributed by atoms with Crippen molar-refractivity contribution in [1.82, 2.24) is 0 Å². The van der Waals surface area contributed by atoms with Crippen LogP contribution in [0.3, 0.4) is 0 Å². The molecule has 1 unspecified atom stereocenters. The molecule has 0 amide bonds. The SMILES string of the molecule is CCCCCCCCCCCCCCCCC([C]=O)C(=O)CCCCCCCCCCC. The summed E-state index contributed by atoms with van der Waals surface area (Å²) in [6.07, 6.45) is 33.3. The van der Waals surface area contributed by atoms with Crippen LogP contribution in [-0.4, -0.2) is 12.1 Å². The molecule has 0 saturated heterocycles. The van der Waals surface area contributed by atoms with Crippen LogP contribution in [0.25, 0.3) is 0 Å². The minimum Gasteiger partial charge on any atom is -0.299 e. The van der Waals surface area contributed by atoms with Crippen LogP contribution in [0.4, 0.5) is 0 Å². The van der Waals surface area contributed by atoms with Gasteiger partial charge in [-0.3, -0.25) is 9.59 Å². The Bertz CT molecular complexity index is 390. The number of rotatable bonds is 27. The zero-order valence-electron chi connectivity index (χ0n) is 22.1. The molecule has 0 N–H and O–H groups in total. The van der Waals surface area contributed by atoms with E-state index in [1.807, 2.05) is 6.29 Å². The molecule has 0 aliphatic rings. The highest BCUT2D eigenvalue weighted by molar-refractivity contribution is 5.93. The van der Waals surface area contributed by atoms with Gasteiger partial charge in [0.15, 0.2) is 0 Å². The standard InChI is InChI=1S/C30H57O2/c1-3-5-7-9-11-13-14-15-16-17-19-20-22-24-26-29(28-31)30(32)27-25-23-21-18-12-10-8-6-4-2/h29H,3-27H2,1-2H3. The van der Waals surface area contributed by atoms with Gasteiger partial charge in [-0.25, -0.2) is 0 Å². The Hall–Kier alpha value is -0.660. The Morgan fingerprint density at radius 2 is 0.812 bits per heavy atom. The van der Waals surface area contributed by atoms with E-state index in [1.165, 1.54) is 122 Å². The zero-order chi connectivity index (χ0) is 23.5. The van der Waals surface area contributed by atoms with Crippen molar-refractivity contribution in [3.63, 3.8) is 0 Å². The molecule has 0 rings (SSSR count). The van der Waals surface area contributed by atoms with E-state index in [4.69, 9.17) is 0 Å². The second-order valence-corrected chi connectivity index (χ2v) is 10.1. The number of unbranched alkanes of at least 4 members (excludes halogenated alkanes) is 21. The third-order valence-electron chi connectivity index (χ3n) is 6.90. The minimum atomic E-state index is -0.457. The van der Waals surface area contributed by atoms with Gasteiger partial charge in [0.1, 0.15) is 5.78 Å². The second kappa shape index (κ2) is 26.6. The number of carbonyl (C=O) groups is 1. The Labute approximate surface area is 202 Å². The first kappa shape index (κ1) is 31.3. The predicted octanol–water partition coefficient (Wildman–Crippen LogP) is 10.1. The summed E-state index contributed by atoms with van der Waals surface area (Å²) in [7, 11) is 0. The zero-order valence-corrected chi connectivity index (χ0v) is 22.1. The van der Waals surface area contributed by atoms with Crippen LogP contribution in [0.2, 0.25) is 0 Å². The smallest absolute Gasteiger partial charge is 0.209 e. The number of carbonyl (C=O) groups excluding carboxylic acids is 2. The molecule has 0 aromatic carbocycles. The summed E-state index contributed by atoms with van der Waals surface area (Å²) in [4.78, 5) is 23.5. The Morgan fingerprint density at radius 3 is 1.16 bits per heavy atom. The Kier molecular flexibility index (Phi) is 26.0. The van der Waals surface area contributed by atoms with Gasteiger partial charge in [0.25, 0.3) is 0 Å². The molecule has 0 aromatic rings. The molecule has 0 aliphatic heterocycles. The maximum absolute atomic E-state index is 12.3. The summed E-state index contributed by atoms with van der Waals surface area (Å²) in [5.74, 6) is -0.320. The normalized spacial score (nSPS) is 12.2. The van der Waals surface area contributed by atoms with Gasteiger partial charge in [-0.2, -0.15) is 0 Å². The molecule has 0 bridgehead atoms. The van der Waals surface area contributed by atoms with E-state index >= 15 is 0 Å². The second-order valence-electron chi connectivity index (χ2n) is 10.1. The van der Waals surface area contributed by atoms with Crippen molar-refractivity contribution in [2.24, 2.45) is 5.92 Å². The number of hydrogen-bond acceptors (Lipinski definition) is 2. The maximum Gasteiger partial charge on any atom is 0.209 e. The summed E-state index contributed by atoms with van der Waals surface area (Å²) in [5.41, 5.74) is 0. The summed E-state index contributed by atoms with van der Waals surface area (Å²) in [6, 6.07) is 0.